The van der Waals surface area contributed by atoms with E-state index in [9.17, 15) is 0 Å². The Bertz CT molecular complexity index is 545. The fraction of sp³-hybridized carbons (Fsp3) is 0.429. The number of aromatic nitrogens is 2. The summed E-state index contributed by atoms with van der Waals surface area (Å²) >= 11 is 1.56. The highest BCUT2D eigenvalue weighted by Gasteiger charge is 2.19. The number of hydrogen-bond donors (Lipinski definition) is 1. The Morgan fingerprint density at radius 3 is 2.35 bits per heavy atom. The quantitative estimate of drug-likeness (QED) is 0.887. The standard InChI is InChI=1S/C14H19N3O2S/c1-5-9(15-2)13-16-17-14(20-13)12-10(18-3)7-6-8-11(12)19-4/h6-9,15H,5H2,1-4H3. The first-order valence-electron chi connectivity index (χ1n) is 6.47. The summed E-state index contributed by atoms with van der Waals surface area (Å²) in [5.74, 6) is 1.48. The molecule has 1 aromatic heterocycles. The molecule has 1 atom stereocenters. The zero-order chi connectivity index (χ0) is 14.5. The van der Waals surface area contributed by atoms with E-state index in [-0.39, 0.29) is 6.04 Å². The zero-order valence-electron chi connectivity index (χ0n) is 12.1. The molecule has 1 unspecified atom stereocenters. The molecule has 0 fully saturated rings. The number of hydrogen-bond acceptors (Lipinski definition) is 6. The zero-order valence-corrected chi connectivity index (χ0v) is 13.0. The van der Waals surface area contributed by atoms with Crippen LogP contribution in [0, 0.1) is 0 Å². The van der Waals surface area contributed by atoms with Crippen LogP contribution in [0.2, 0.25) is 0 Å². The monoisotopic (exact) mass is 293 g/mol. The molecular formula is C14H19N3O2S. The van der Waals surface area contributed by atoms with Gasteiger partial charge in [0.1, 0.15) is 16.5 Å². The number of benzene rings is 1. The normalized spacial score (nSPS) is 12.2. The first-order chi connectivity index (χ1) is 9.74. The Morgan fingerprint density at radius 2 is 1.85 bits per heavy atom. The molecule has 0 spiro atoms. The largest absolute Gasteiger partial charge is 0.496 e. The summed E-state index contributed by atoms with van der Waals surface area (Å²) in [5.41, 5.74) is 0.854. The van der Waals surface area contributed by atoms with Gasteiger partial charge in [-0.2, -0.15) is 0 Å². The fourth-order valence-electron chi connectivity index (χ4n) is 2.04. The third kappa shape index (κ3) is 2.76. The van der Waals surface area contributed by atoms with E-state index in [2.05, 4.69) is 22.4 Å². The van der Waals surface area contributed by atoms with Crippen molar-refractivity contribution in [3.63, 3.8) is 0 Å². The Hall–Kier alpha value is -1.66. The van der Waals surface area contributed by atoms with Crippen molar-refractivity contribution < 1.29 is 9.47 Å². The molecule has 108 valence electrons. The molecule has 1 N–H and O–H groups in total. The fourth-order valence-corrected chi connectivity index (χ4v) is 3.13. The summed E-state index contributed by atoms with van der Waals surface area (Å²) in [7, 11) is 5.21. The molecule has 2 rings (SSSR count). The molecule has 20 heavy (non-hydrogen) atoms. The number of nitrogens with one attached hydrogen (secondary N) is 1. The van der Waals surface area contributed by atoms with Gasteiger partial charge in [-0.3, -0.25) is 0 Å². The van der Waals surface area contributed by atoms with Crippen molar-refractivity contribution in [2.45, 2.75) is 19.4 Å². The average Bonchev–Trinajstić information content (AvgIpc) is 2.97. The van der Waals surface area contributed by atoms with Crippen LogP contribution in [0.15, 0.2) is 18.2 Å². The highest BCUT2D eigenvalue weighted by molar-refractivity contribution is 7.14. The smallest absolute Gasteiger partial charge is 0.155 e. The maximum atomic E-state index is 5.41. The first kappa shape index (κ1) is 14.7. The van der Waals surface area contributed by atoms with Crippen molar-refractivity contribution in [2.24, 2.45) is 0 Å². The van der Waals surface area contributed by atoms with E-state index < -0.39 is 0 Å². The summed E-state index contributed by atoms with van der Waals surface area (Å²) in [6, 6.07) is 5.91. The third-order valence-electron chi connectivity index (χ3n) is 3.14. The minimum Gasteiger partial charge on any atom is -0.496 e. The third-order valence-corrected chi connectivity index (χ3v) is 4.19. The second-order valence-electron chi connectivity index (χ2n) is 4.23. The van der Waals surface area contributed by atoms with E-state index >= 15 is 0 Å². The first-order valence-corrected chi connectivity index (χ1v) is 7.28. The van der Waals surface area contributed by atoms with Gasteiger partial charge in [-0.25, -0.2) is 0 Å². The van der Waals surface area contributed by atoms with E-state index in [4.69, 9.17) is 9.47 Å². The van der Waals surface area contributed by atoms with Crippen molar-refractivity contribution in [1.82, 2.24) is 15.5 Å². The van der Waals surface area contributed by atoms with Crippen molar-refractivity contribution in [3.05, 3.63) is 23.2 Å². The van der Waals surface area contributed by atoms with Gasteiger partial charge in [0, 0.05) is 0 Å². The summed E-state index contributed by atoms with van der Waals surface area (Å²) in [6.07, 6.45) is 0.966. The molecule has 6 heteroatoms. The van der Waals surface area contributed by atoms with Gasteiger partial charge < -0.3 is 14.8 Å². The van der Waals surface area contributed by atoms with Crippen molar-refractivity contribution in [1.29, 1.82) is 0 Å². The lowest BCUT2D eigenvalue weighted by Crippen LogP contribution is -2.14. The second-order valence-corrected chi connectivity index (χ2v) is 5.24. The predicted molar refractivity (Wildman–Crippen MR) is 80.5 cm³/mol. The number of nitrogens with zero attached hydrogens (tertiary/aromatic N) is 2. The molecule has 1 heterocycles. The molecule has 0 bridgehead atoms. The summed E-state index contributed by atoms with van der Waals surface area (Å²) in [6.45, 7) is 2.12. The lowest BCUT2D eigenvalue weighted by atomic mass is 10.2. The second kappa shape index (κ2) is 6.67. The van der Waals surface area contributed by atoms with E-state index in [1.807, 2.05) is 25.2 Å². The predicted octanol–water partition coefficient (Wildman–Crippen LogP) is 2.89. The number of methoxy groups -OCH3 is 2. The molecule has 5 nitrogen and oxygen atoms in total. The molecule has 0 amide bonds. The molecular weight excluding hydrogens is 274 g/mol. The molecule has 0 radical (unpaired) electrons. The number of rotatable bonds is 6. The van der Waals surface area contributed by atoms with Gasteiger partial charge in [0.25, 0.3) is 0 Å². The molecule has 2 aromatic rings. The minimum atomic E-state index is 0.224. The van der Waals surface area contributed by atoms with Crippen LogP contribution in [-0.4, -0.2) is 31.5 Å². The highest BCUT2D eigenvalue weighted by atomic mass is 32.1. The lowest BCUT2D eigenvalue weighted by molar-refractivity contribution is 0.397. The van der Waals surface area contributed by atoms with E-state index in [1.54, 1.807) is 25.6 Å². The van der Waals surface area contributed by atoms with Crippen LogP contribution in [0.3, 0.4) is 0 Å². The Kier molecular flexibility index (Phi) is 4.92. The molecule has 0 aliphatic carbocycles. The summed E-state index contributed by atoms with van der Waals surface area (Å²) < 4.78 is 10.8. The van der Waals surface area contributed by atoms with Crippen LogP contribution < -0.4 is 14.8 Å². The average molecular weight is 293 g/mol. The van der Waals surface area contributed by atoms with Gasteiger partial charge in [0.15, 0.2) is 5.01 Å². The Balaban J connectivity index is 2.46. The maximum Gasteiger partial charge on any atom is 0.155 e. The SMILES string of the molecule is CCC(NC)c1nnc(-c2c(OC)cccc2OC)s1. The molecule has 0 saturated carbocycles. The lowest BCUT2D eigenvalue weighted by Gasteiger charge is -2.10. The molecule has 0 saturated heterocycles. The van der Waals surface area contributed by atoms with Gasteiger partial charge in [-0.1, -0.05) is 24.3 Å². The summed E-state index contributed by atoms with van der Waals surface area (Å²) in [4.78, 5) is 0. The molecule has 0 aliphatic heterocycles. The topological polar surface area (TPSA) is 56.3 Å². The van der Waals surface area contributed by atoms with Crippen LogP contribution in [0.25, 0.3) is 10.6 Å². The van der Waals surface area contributed by atoms with Crippen LogP contribution >= 0.6 is 11.3 Å². The van der Waals surface area contributed by atoms with Crippen molar-refractivity contribution in [3.8, 4) is 22.1 Å². The van der Waals surface area contributed by atoms with Gasteiger partial charge in [0.05, 0.1) is 25.8 Å². The summed E-state index contributed by atoms with van der Waals surface area (Å²) in [5, 5.41) is 13.6. The van der Waals surface area contributed by atoms with Crippen LogP contribution in [0.1, 0.15) is 24.4 Å². The Labute approximate surface area is 123 Å². The van der Waals surface area contributed by atoms with E-state index in [0.29, 0.717) is 0 Å². The van der Waals surface area contributed by atoms with Gasteiger partial charge in [0.2, 0.25) is 0 Å². The van der Waals surface area contributed by atoms with Crippen LogP contribution in [0.4, 0.5) is 0 Å². The van der Waals surface area contributed by atoms with Crippen molar-refractivity contribution >= 4 is 11.3 Å². The molecule has 1 aromatic carbocycles. The van der Waals surface area contributed by atoms with Crippen LogP contribution in [0.5, 0.6) is 11.5 Å². The van der Waals surface area contributed by atoms with E-state index in [1.165, 1.54) is 0 Å². The number of ether oxygens (including phenoxy) is 2. The van der Waals surface area contributed by atoms with Gasteiger partial charge in [-0.05, 0) is 25.6 Å². The van der Waals surface area contributed by atoms with Gasteiger partial charge in [-0.15, -0.1) is 10.2 Å². The minimum absolute atomic E-state index is 0.224. The van der Waals surface area contributed by atoms with Crippen LogP contribution in [-0.2, 0) is 0 Å². The van der Waals surface area contributed by atoms with Crippen molar-refractivity contribution in [2.75, 3.05) is 21.3 Å². The Morgan fingerprint density at radius 1 is 1.20 bits per heavy atom. The highest BCUT2D eigenvalue weighted by Crippen LogP contribution is 2.40. The molecule has 0 aliphatic rings. The van der Waals surface area contributed by atoms with Gasteiger partial charge >= 0.3 is 0 Å². The maximum absolute atomic E-state index is 5.41. The van der Waals surface area contributed by atoms with E-state index in [0.717, 1.165) is 33.5 Å².